The predicted octanol–water partition coefficient (Wildman–Crippen LogP) is 1.24. The molecule has 4 rings (SSSR count). The van der Waals surface area contributed by atoms with Crippen LogP contribution in [0.5, 0.6) is 0 Å². The van der Waals surface area contributed by atoms with E-state index in [2.05, 4.69) is 25.4 Å². The SMILES string of the molecule is CN(C)c1nc(CNC(=O)c2cc(-c3ccc(F)cc3)nn2C)nc(N2CCOCC2)n1. The summed E-state index contributed by atoms with van der Waals surface area (Å²) in [6.07, 6.45) is 0. The van der Waals surface area contributed by atoms with Crippen molar-refractivity contribution in [1.82, 2.24) is 30.0 Å². The first kappa shape index (κ1) is 21.6. The molecule has 3 heterocycles. The van der Waals surface area contributed by atoms with Gasteiger partial charge in [-0.2, -0.15) is 20.1 Å². The molecule has 0 radical (unpaired) electrons. The molecule has 1 amide bonds. The van der Waals surface area contributed by atoms with E-state index in [1.165, 1.54) is 16.8 Å². The van der Waals surface area contributed by atoms with Crippen LogP contribution in [0.2, 0.25) is 0 Å². The molecule has 2 aromatic heterocycles. The average molecular weight is 440 g/mol. The maximum absolute atomic E-state index is 13.2. The molecule has 1 aliphatic rings. The lowest BCUT2D eigenvalue weighted by atomic mass is 10.1. The summed E-state index contributed by atoms with van der Waals surface area (Å²) >= 11 is 0. The summed E-state index contributed by atoms with van der Waals surface area (Å²) < 4.78 is 20.1. The van der Waals surface area contributed by atoms with E-state index in [-0.39, 0.29) is 18.3 Å². The van der Waals surface area contributed by atoms with Crippen molar-refractivity contribution >= 4 is 17.8 Å². The fraction of sp³-hybridized carbons (Fsp3) is 0.381. The standard InChI is InChI=1S/C21H25FN8O2/c1-28(2)20-24-18(25-21(26-20)30-8-10-32-11-9-30)13-23-19(31)17-12-16(27-29(17)3)14-4-6-15(22)7-5-14/h4-7,12H,8-11,13H2,1-3H3,(H,23,31). The number of halogens is 1. The van der Waals surface area contributed by atoms with Crippen LogP contribution in [0.4, 0.5) is 16.3 Å². The smallest absolute Gasteiger partial charge is 0.269 e. The molecular formula is C21H25FN8O2. The molecule has 11 heteroatoms. The fourth-order valence-electron chi connectivity index (χ4n) is 3.27. The van der Waals surface area contributed by atoms with Crippen LogP contribution in [0.25, 0.3) is 11.3 Å². The van der Waals surface area contributed by atoms with Crippen LogP contribution in [0.3, 0.4) is 0 Å². The number of nitrogens with one attached hydrogen (secondary N) is 1. The van der Waals surface area contributed by atoms with Gasteiger partial charge in [-0.1, -0.05) is 0 Å². The van der Waals surface area contributed by atoms with Crippen molar-refractivity contribution in [2.75, 3.05) is 50.2 Å². The Bertz CT molecular complexity index is 1090. The van der Waals surface area contributed by atoms with E-state index in [0.717, 1.165) is 5.56 Å². The van der Waals surface area contributed by atoms with Gasteiger partial charge in [-0.25, -0.2) is 4.39 Å². The van der Waals surface area contributed by atoms with E-state index in [9.17, 15) is 9.18 Å². The second-order valence-electron chi connectivity index (χ2n) is 7.57. The number of carbonyl (C=O) groups excluding carboxylic acids is 1. The molecule has 1 saturated heterocycles. The van der Waals surface area contributed by atoms with Crippen molar-refractivity contribution in [3.8, 4) is 11.3 Å². The van der Waals surface area contributed by atoms with Gasteiger partial charge in [-0.15, -0.1) is 0 Å². The molecule has 168 valence electrons. The van der Waals surface area contributed by atoms with Crippen molar-refractivity contribution in [1.29, 1.82) is 0 Å². The van der Waals surface area contributed by atoms with E-state index in [4.69, 9.17) is 4.74 Å². The third-order valence-corrected chi connectivity index (χ3v) is 5.01. The Kier molecular flexibility index (Phi) is 6.26. The summed E-state index contributed by atoms with van der Waals surface area (Å²) in [5.74, 6) is 0.904. The van der Waals surface area contributed by atoms with Crippen LogP contribution < -0.4 is 15.1 Å². The third kappa shape index (κ3) is 4.83. The number of morpholine rings is 1. The van der Waals surface area contributed by atoms with E-state index in [0.29, 0.717) is 55.4 Å². The topological polar surface area (TPSA) is 101 Å². The lowest BCUT2D eigenvalue weighted by Gasteiger charge is -2.27. The van der Waals surface area contributed by atoms with Gasteiger partial charge in [-0.3, -0.25) is 9.48 Å². The molecule has 10 nitrogen and oxygen atoms in total. The molecule has 0 saturated carbocycles. The molecule has 0 atom stereocenters. The lowest BCUT2D eigenvalue weighted by Crippen LogP contribution is -2.38. The second kappa shape index (κ2) is 9.27. The molecule has 1 N–H and O–H groups in total. The van der Waals surface area contributed by atoms with Crippen molar-refractivity contribution in [3.63, 3.8) is 0 Å². The fourth-order valence-corrected chi connectivity index (χ4v) is 3.27. The Morgan fingerprint density at radius 3 is 2.56 bits per heavy atom. The number of nitrogens with zero attached hydrogens (tertiary/aromatic N) is 7. The highest BCUT2D eigenvalue weighted by Gasteiger charge is 2.19. The average Bonchev–Trinajstić information content (AvgIpc) is 3.20. The van der Waals surface area contributed by atoms with Gasteiger partial charge in [0.15, 0.2) is 5.82 Å². The summed E-state index contributed by atoms with van der Waals surface area (Å²) in [5, 5.41) is 7.22. The van der Waals surface area contributed by atoms with E-state index < -0.39 is 0 Å². The van der Waals surface area contributed by atoms with Crippen molar-refractivity contribution < 1.29 is 13.9 Å². The Morgan fingerprint density at radius 2 is 1.88 bits per heavy atom. The number of hydrogen-bond acceptors (Lipinski definition) is 8. The van der Waals surface area contributed by atoms with Crippen LogP contribution in [0.1, 0.15) is 16.3 Å². The third-order valence-electron chi connectivity index (χ3n) is 5.01. The molecule has 0 spiro atoms. The van der Waals surface area contributed by atoms with Gasteiger partial charge in [0, 0.05) is 39.8 Å². The summed E-state index contributed by atoms with van der Waals surface area (Å²) in [5.41, 5.74) is 1.69. The van der Waals surface area contributed by atoms with Gasteiger partial charge in [0.05, 0.1) is 25.5 Å². The highest BCUT2D eigenvalue weighted by molar-refractivity contribution is 5.93. The van der Waals surface area contributed by atoms with Gasteiger partial charge >= 0.3 is 0 Å². The maximum Gasteiger partial charge on any atom is 0.269 e. The number of rotatable bonds is 6. The summed E-state index contributed by atoms with van der Waals surface area (Å²) in [6.45, 7) is 2.77. The first-order valence-electron chi connectivity index (χ1n) is 10.2. The number of aryl methyl sites for hydroxylation is 1. The Labute approximate surface area is 185 Å². The predicted molar refractivity (Wildman–Crippen MR) is 117 cm³/mol. The zero-order valence-corrected chi connectivity index (χ0v) is 18.2. The number of benzene rings is 1. The van der Waals surface area contributed by atoms with Crippen molar-refractivity contribution in [2.45, 2.75) is 6.54 Å². The second-order valence-corrected chi connectivity index (χ2v) is 7.57. The molecule has 0 aliphatic carbocycles. The summed E-state index contributed by atoms with van der Waals surface area (Å²) in [4.78, 5) is 30.1. The first-order chi connectivity index (χ1) is 15.4. The summed E-state index contributed by atoms with van der Waals surface area (Å²) in [6, 6.07) is 7.64. The zero-order chi connectivity index (χ0) is 22.7. The monoisotopic (exact) mass is 440 g/mol. The minimum atomic E-state index is -0.325. The molecule has 1 fully saturated rings. The largest absolute Gasteiger partial charge is 0.378 e. The number of ether oxygens (including phenoxy) is 1. The first-order valence-corrected chi connectivity index (χ1v) is 10.2. The quantitative estimate of drug-likeness (QED) is 0.611. The minimum Gasteiger partial charge on any atom is -0.378 e. The minimum absolute atomic E-state index is 0.136. The van der Waals surface area contributed by atoms with Crippen molar-refractivity contribution in [2.24, 2.45) is 7.05 Å². The van der Waals surface area contributed by atoms with Gasteiger partial charge < -0.3 is 19.9 Å². The maximum atomic E-state index is 13.2. The van der Waals surface area contributed by atoms with E-state index in [1.54, 1.807) is 30.1 Å². The van der Waals surface area contributed by atoms with Crippen LogP contribution in [-0.4, -0.2) is 71.0 Å². The number of amides is 1. The van der Waals surface area contributed by atoms with Gasteiger partial charge in [0.25, 0.3) is 5.91 Å². The highest BCUT2D eigenvalue weighted by atomic mass is 19.1. The Morgan fingerprint density at radius 1 is 1.16 bits per heavy atom. The van der Waals surface area contributed by atoms with Crippen LogP contribution >= 0.6 is 0 Å². The molecule has 1 aromatic carbocycles. The molecular weight excluding hydrogens is 415 g/mol. The number of aromatic nitrogens is 5. The van der Waals surface area contributed by atoms with Crippen LogP contribution in [0.15, 0.2) is 30.3 Å². The number of anilines is 2. The van der Waals surface area contributed by atoms with Gasteiger partial charge in [-0.05, 0) is 30.3 Å². The van der Waals surface area contributed by atoms with Gasteiger partial charge in [0.2, 0.25) is 11.9 Å². The normalized spacial score (nSPS) is 13.8. The van der Waals surface area contributed by atoms with E-state index in [1.807, 2.05) is 19.0 Å². The molecule has 0 bridgehead atoms. The molecule has 3 aromatic rings. The number of hydrogen-bond donors (Lipinski definition) is 1. The Hall–Kier alpha value is -3.60. The lowest BCUT2D eigenvalue weighted by molar-refractivity contribution is 0.0940. The molecule has 0 unspecified atom stereocenters. The zero-order valence-electron chi connectivity index (χ0n) is 18.2. The van der Waals surface area contributed by atoms with Crippen LogP contribution in [0, 0.1) is 5.82 Å². The van der Waals surface area contributed by atoms with E-state index >= 15 is 0 Å². The Balaban J connectivity index is 1.50. The molecule has 32 heavy (non-hydrogen) atoms. The highest BCUT2D eigenvalue weighted by Crippen LogP contribution is 2.19. The van der Waals surface area contributed by atoms with Gasteiger partial charge in [0.1, 0.15) is 11.5 Å². The van der Waals surface area contributed by atoms with Crippen LogP contribution in [-0.2, 0) is 18.3 Å². The number of carbonyl (C=O) groups is 1. The summed E-state index contributed by atoms with van der Waals surface area (Å²) in [7, 11) is 5.40. The van der Waals surface area contributed by atoms with Crippen molar-refractivity contribution in [3.05, 3.63) is 47.7 Å². The molecule has 1 aliphatic heterocycles.